The quantitative estimate of drug-likeness (QED) is 0.890. The molecule has 20 heavy (non-hydrogen) atoms. The van der Waals surface area contributed by atoms with E-state index in [1.165, 1.54) is 6.07 Å². The lowest BCUT2D eigenvalue weighted by molar-refractivity contribution is -0.145. The summed E-state index contributed by atoms with van der Waals surface area (Å²) in [6, 6.07) is 1.49. The van der Waals surface area contributed by atoms with Crippen LogP contribution in [0.1, 0.15) is 37.7 Å². The van der Waals surface area contributed by atoms with Crippen molar-refractivity contribution < 1.29 is 23.8 Å². The van der Waals surface area contributed by atoms with E-state index in [-0.39, 0.29) is 22.6 Å². The summed E-state index contributed by atoms with van der Waals surface area (Å²) in [5.74, 6) is -0.903. The van der Waals surface area contributed by atoms with E-state index in [4.69, 9.17) is 9.47 Å². The van der Waals surface area contributed by atoms with Crippen LogP contribution >= 0.6 is 15.9 Å². The Balaban J connectivity index is 2.24. The molecule has 0 unspecified atom stereocenters. The van der Waals surface area contributed by atoms with Gasteiger partial charge < -0.3 is 14.6 Å². The summed E-state index contributed by atoms with van der Waals surface area (Å²) in [7, 11) is 0. The molecule has 0 bridgehead atoms. The fraction of sp³-hybridized carbons (Fsp3) is 0.500. The molecule has 0 saturated heterocycles. The van der Waals surface area contributed by atoms with E-state index in [2.05, 4.69) is 15.9 Å². The summed E-state index contributed by atoms with van der Waals surface area (Å²) < 4.78 is 25.4. The third-order valence-corrected chi connectivity index (χ3v) is 4.73. The van der Waals surface area contributed by atoms with E-state index < -0.39 is 17.2 Å². The largest absolute Gasteiger partial charge is 0.481 e. The maximum atomic E-state index is 14.6. The molecule has 1 saturated carbocycles. The maximum absolute atomic E-state index is 14.6. The molecule has 1 aliphatic heterocycles. The molecule has 1 aliphatic carbocycles. The van der Waals surface area contributed by atoms with E-state index in [1.807, 2.05) is 0 Å². The fourth-order valence-corrected chi connectivity index (χ4v) is 3.55. The van der Waals surface area contributed by atoms with Crippen molar-refractivity contribution in [3.63, 3.8) is 0 Å². The van der Waals surface area contributed by atoms with Gasteiger partial charge in [-0.05, 0) is 28.8 Å². The Hall–Kier alpha value is -1.30. The first kappa shape index (κ1) is 13.7. The van der Waals surface area contributed by atoms with Crippen LogP contribution in [0.25, 0.3) is 0 Å². The van der Waals surface area contributed by atoms with E-state index in [1.54, 1.807) is 0 Å². The molecule has 1 aromatic carbocycles. The number of ether oxygens (including phenoxy) is 2. The Morgan fingerprint density at radius 2 is 2.00 bits per heavy atom. The highest BCUT2D eigenvalue weighted by molar-refractivity contribution is 9.10. The normalized spacial score (nSPS) is 19.9. The number of hydrogen-bond acceptors (Lipinski definition) is 3. The molecule has 2 aliphatic rings. The number of carbonyl (C=O) groups is 1. The predicted octanol–water partition coefficient (Wildman–Crippen LogP) is 3.60. The first-order chi connectivity index (χ1) is 9.56. The lowest BCUT2D eigenvalue weighted by Gasteiger charge is -2.34. The SMILES string of the molecule is O=C(O)C1(c2c(F)c(Br)cc3c2OCO3)CCCCC1. The van der Waals surface area contributed by atoms with Gasteiger partial charge in [-0.3, -0.25) is 4.79 Å². The third kappa shape index (κ3) is 1.89. The molecule has 0 atom stereocenters. The Kier molecular flexibility index (Phi) is 3.36. The second-order valence-corrected chi connectivity index (χ2v) is 6.08. The van der Waals surface area contributed by atoms with Gasteiger partial charge >= 0.3 is 5.97 Å². The van der Waals surface area contributed by atoms with Crippen molar-refractivity contribution in [3.05, 3.63) is 21.9 Å². The zero-order valence-electron chi connectivity index (χ0n) is 10.7. The Labute approximate surface area is 124 Å². The van der Waals surface area contributed by atoms with Gasteiger partial charge in [-0.15, -0.1) is 0 Å². The van der Waals surface area contributed by atoms with Crippen molar-refractivity contribution >= 4 is 21.9 Å². The highest BCUT2D eigenvalue weighted by atomic mass is 79.9. The first-order valence-corrected chi connectivity index (χ1v) is 7.37. The van der Waals surface area contributed by atoms with Crippen LogP contribution in [0.5, 0.6) is 11.5 Å². The Morgan fingerprint density at radius 1 is 1.30 bits per heavy atom. The monoisotopic (exact) mass is 344 g/mol. The van der Waals surface area contributed by atoms with Gasteiger partial charge in [-0.2, -0.15) is 0 Å². The molecular formula is C14H14BrFO4. The van der Waals surface area contributed by atoms with Gasteiger partial charge in [0.1, 0.15) is 5.82 Å². The number of rotatable bonds is 2. The molecule has 0 amide bonds. The Bertz CT molecular complexity index is 567. The number of benzene rings is 1. The minimum Gasteiger partial charge on any atom is -0.481 e. The van der Waals surface area contributed by atoms with Crippen LogP contribution < -0.4 is 9.47 Å². The van der Waals surface area contributed by atoms with Crippen LogP contribution in [0.4, 0.5) is 4.39 Å². The molecule has 6 heteroatoms. The van der Waals surface area contributed by atoms with Crippen molar-refractivity contribution in [2.24, 2.45) is 0 Å². The summed E-state index contributed by atoms with van der Waals surface area (Å²) in [4.78, 5) is 11.9. The zero-order valence-corrected chi connectivity index (χ0v) is 12.3. The molecule has 0 radical (unpaired) electrons. The molecule has 1 heterocycles. The number of carboxylic acid groups (broad SMARTS) is 1. The molecule has 1 N–H and O–H groups in total. The number of halogens is 2. The number of aliphatic carboxylic acids is 1. The summed E-state index contributed by atoms with van der Waals surface area (Å²) in [5, 5.41) is 9.71. The zero-order chi connectivity index (χ0) is 14.3. The fourth-order valence-electron chi connectivity index (χ4n) is 3.14. The molecule has 0 aromatic heterocycles. The van der Waals surface area contributed by atoms with Crippen LogP contribution in [-0.4, -0.2) is 17.9 Å². The number of fused-ring (bicyclic) bond motifs is 1. The van der Waals surface area contributed by atoms with Crippen LogP contribution in [0.15, 0.2) is 10.5 Å². The molecule has 108 valence electrons. The number of hydrogen-bond donors (Lipinski definition) is 1. The molecule has 0 spiro atoms. The van der Waals surface area contributed by atoms with Crippen molar-refractivity contribution in [2.75, 3.05) is 6.79 Å². The highest BCUT2D eigenvalue weighted by Crippen LogP contribution is 2.51. The molecule has 4 nitrogen and oxygen atoms in total. The summed E-state index contributed by atoms with van der Waals surface area (Å²) >= 11 is 3.14. The van der Waals surface area contributed by atoms with Gasteiger partial charge in [0.2, 0.25) is 6.79 Å². The van der Waals surface area contributed by atoms with Gasteiger partial charge in [-0.25, -0.2) is 4.39 Å². The predicted molar refractivity (Wildman–Crippen MR) is 72.6 cm³/mol. The van der Waals surface area contributed by atoms with Crippen LogP contribution in [0, 0.1) is 5.82 Å². The molecule has 1 aromatic rings. The average molecular weight is 345 g/mol. The van der Waals surface area contributed by atoms with Crippen molar-refractivity contribution in [1.29, 1.82) is 0 Å². The smallest absolute Gasteiger partial charge is 0.314 e. The minimum absolute atomic E-state index is 0.00603. The van der Waals surface area contributed by atoms with Crippen LogP contribution in [-0.2, 0) is 10.2 Å². The first-order valence-electron chi connectivity index (χ1n) is 6.58. The molecule has 1 fully saturated rings. The second kappa shape index (κ2) is 4.91. The van der Waals surface area contributed by atoms with Crippen LogP contribution in [0.2, 0.25) is 0 Å². The van der Waals surface area contributed by atoms with Crippen molar-refractivity contribution in [2.45, 2.75) is 37.5 Å². The molecular weight excluding hydrogens is 331 g/mol. The van der Waals surface area contributed by atoms with E-state index >= 15 is 0 Å². The van der Waals surface area contributed by atoms with Gasteiger partial charge in [0.25, 0.3) is 0 Å². The second-order valence-electron chi connectivity index (χ2n) is 5.23. The van der Waals surface area contributed by atoms with Gasteiger partial charge in [0.05, 0.1) is 15.5 Å². The van der Waals surface area contributed by atoms with Gasteiger partial charge in [-0.1, -0.05) is 19.3 Å². The Morgan fingerprint density at radius 3 is 2.65 bits per heavy atom. The van der Waals surface area contributed by atoms with E-state index in [9.17, 15) is 14.3 Å². The van der Waals surface area contributed by atoms with Gasteiger partial charge in [0, 0.05) is 6.07 Å². The highest BCUT2D eigenvalue weighted by Gasteiger charge is 2.47. The van der Waals surface area contributed by atoms with Crippen LogP contribution in [0.3, 0.4) is 0 Å². The lowest BCUT2D eigenvalue weighted by Crippen LogP contribution is -2.39. The van der Waals surface area contributed by atoms with E-state index in [0.717, 1.165) is 19.3 Å². The lowest BCUT2D eigenvalue weighted by atomic mass is 9.69. The average Bonchev–Trinajstić information content (AvgIpc) is 2.88. The summed E-state index contributed by atoms with van der Waals surface area (Å²) in [6.07, 6.45) is 3.36. The van der Waals surface area contributed by atoms with Crippen molar-refractivity contribution in [3.8, 4) is 11.5 Å². The third-order valence-electron chi connectivity index (χ3n) is 4.15. The van der Waals surface area contributed by atoms with Gasteiger partial charge in [0.15, 0.2) is 11.5 Å². The maximum Gasteiger partial charge on any atom is 0.314 e. The standard InChI is InChI=1S/C14H14BrFO4/c15-8-6-9-12(20-7-19-9)10(11(8)16)14(13(17)18)4-2-1-3-5-14/h6H,1-5,7H2,(H,17,18). The summed E-state index contributed by atoms with van der Waals surface area (Å²) in [6.45, 7) is -0.00603. The van der Waals surface area contributed by atoms with E-state index in [0.29, 0.717) is 18.6 Å². The minimum atomic E-state index is -1.22. The van der Waals surface area contributed by atoms with Crippen molar-refractivity contribution in [1.82, 2.24) is 0 Å². The number of carboxylic acids is 1. The summed E-state index contributed by atoms with van der Waals surface area (Å²) in [5.41, 5.74) is -1.09. The molecule has 3 rings (SSSR count). The topological polar surface area (TPSA) is 55.8 Å².